The first-order chi connectivity index (χ1) is 11.3. The molecule has 4 N–H and O–H groups in total. The van der Waals surface area contributed by atoms with E-state index in [-0.39, 0.29) is 24.0 Å². The van der Waals surface area contributed by atoms with Crippen molar-refractivity contribution in [2.45, 2.75) is 25.7 Å². The van der Waals surface area contributed by atoms with Crippen LogP contribution in [0.3, 0.4) is 0 Å². The largest absolute Gasteiger partial charge is 0.472 e. The van der Waals surface area contributed by atoms with Gasteiger partial charge in [0.15, 0.2) is 11.2 Å². The van der Waals surface area contributed by atoms with Crippen LogP contribution in [0.25, 0.3) is 11.2 Å². The van der Waals surface area contributed by atoms with E-state index in [4.69, 9.17) is 15.0 Å². The number of nitrogens with one attached hydrogen (secondary N) is 1. The van der Waals surface area contributed by atoms with E-state index in [9.17, 15) is 14.3 Å². The Balaban J connectivity index is 1.80. The average molecular weight is 359 g/mol. The number of rotatable bonds is 5. The van der Waals surface area contributed by atoms with Gasteiger partial charge in [0.25, 0.3) is 5.56 Å². The Labute approximate surface area is 136 Å². The van der Waals surface area contributed by atoms with Crippen LogP contribution in [-0.2, 0) is 18.3 Å². The minimum absolute atomic E-state index is 0.0125. The number of phosphoric acid groups is 1. The van der Waals surface area contributed by atoms with Gasteiger partial charge in [-0.05, 0) is 12.3 Å². The molecule has 0 spiro atoms. The number of ether oxygens (including phenoxy) is 1. The maximum Gasteiger partial charge on any atom is 0.472 e. The summed E-state index contributed by atoms with van der Waals surface area (Å²) in [4.78, 5) is 31.6. The molecule has 0 amide bonds. The third-order valence-corrected chi connectivity index (χ3v) is 4.87. The Morgan fingerprint density at radius 2 is 2.38 bits per heavy atom. The summed E-state index contributed by atoms with van der Waals surface area (Å²) < 4.78 is 28.1. The Bertz CT molecular complexity index is 850. The lowest BCUT2D eigenvalue weighted by atomic mass is 10.0. The van der Waals surface area contributed by atoms with Crippen LogP contribution in [-0.4, -0.2) is 44.2 Å². The summed E-state index contributed by atoms with van der Waals surface area (Å²) in [5.41, 5.74) is 5.63. The first-order valence-electron chi connectivity index (χ1n) is 7.21. The molecule has 132 valence electrons. The minimum Gasteiger partial charge on any atom is -0.369 e. The van der Waals surface area contributed by atoms with Crippen molar-refractivity contribution in [2.75, 3.05) is 19.5 Å². The number of hydrogen-bond donors (Lipinski definition) is 3. The molecule has 4 atom stereocenters. The number of anilines is 1. The number of hydrogen-bond acceptors (Lipinski definition) is 8. The number of phosphoric ester groups is 1. The van der Waals surface area contributed by atoms with Gasteiger partial charge in [0, 0.05) is 7.11 Å². The van der Waals surface area contributed by atoms with E-state index in [0.717, 1.165) is 7.11 Å². The summed E-state index contributed by atoms with van der Waals surface area (Å²) in [7, 11) is -2.97. The average Bonchev–Trinajstić information content (AvgIpc) is 3.09. The first-order valence-corrected chi connectivity index (χ1v) is 8.71. The fourth-order valence-corrected chi connectivity index (χ4v) is 3.06. The second-order valence-corrected chi connectivity index (χ2v) is 7.12. The maximum absolute atomic E-state index is 11.8. The van der Waals surface area contributed by atoms with Crippen molar-refractivity contribution in [3.05, 3.63) is 16.7 Å². The van der Waals surface area contributed by atoms with E-state index in [0.29, 0.717) is 12.1 Å². The zero-order valence-corrected chi connectivity index (χ0v) is 14.0. The van der Waals surface area contributed by atoms with Crippen LogP contribution in [0.5, 0.6) is 0 Å². The van der Waals surface area contributed by atoms with Gasteiger partial charge in [0.1, 0.15) is 6.23 Å². The molecule has 0 bridgehead atoms. The number of nitrogen functional groups attached to an aromatic ring is 1. The van der Waals surface area contributed by atoms with Gasteiger partial charge < -0.3 is 15.4 Å². The van der Waals surface area contributed by atoms with Crippen molar-refractivity contribution in [3.63, 3.8) is 0 Å². The molecule has 0 aromatic carbocycles. The van der Waals surface area contributed by atoms with E-state index < -0.39 is 25.7 Å². The van der Waals surface area contributed by atoms with E-state index in [1.54, 1.807) is 4.57 Å². The summed E-state index contributed by atoms with van der Waals surface area (Å²) in [6, 6.07) is 0. The van der Waals surface area contributed by atoms with Crippen LogP contribution in [0.2, 0.25) is 0 Å². The van der Waals surface area contributed by atoms with E-state index in [1.807, 2.05) is 6.92 Å². The van der Waals surface area contributed by atoms with Gasteiger partial charge in [0.2, 0.25) is 5.95 Å². The van der Waals surface area contributed by atoms with Crippen LogP contribution in [0.4, 0.5) is 5.95 Å². The molecule has 2 aromatic rings. The van der Waals surface area contributed by atoms with E-state index in [1.165, 1.54) is 6.33 Å². The number of fused-ring (bicyclic) bond motifs is 1. The number of H-pyrrole nitrogens is 1. The van der Waals surface area contributed by atoms with Crippen LogP contribution < -0.4 is 11.3 Å². The second-order valence-electron chi connectivity index (χ2n) is 5.56. The maximum atomic E-state index is 11.8. The molecule has 3 rings (SSSR count). The van der Waals surface area contributed by atoms with Crippen LogP contribution in [0, 0.1) is 5.92 Å². The molecular weight excluding hydrogens is 341 g/mol. The van der Waals surface area contributed by atoms with E-state index in [2.05, 4.69) is 19.5 Å². The molecule has 0 saturated carbocycles. The normalized spacial score (nSPS) is 26.7. The highest BCUT2D eigenvalue weighted by atomic mass is 31.2. The molecular formula is C12H18N5O6P. The highest BCUT2D eigenvalue weighted by Crippen LogP contribution is 2.44. The lowest BCUT2D eigenvalue weighted by molar-refractivity contribution is -0.0281. The lowest BCUT2D eigenvalue weighted by Gasteiger charge is -2.17. The smallest absolute Gasteiger partial charge is 0.369 e. The summed E-state index contributed by atoms with van der Waals surface area (Å²) >= 11 is 0. The van der Waals surface area contributed by atoms with Crippen LogP contribution in [0.15, 0.2) is 11.1 Å². The Hall–Kier alpha value is -1.78. The summed E-state index contributed by atoms with van der Waals surface area (Å²) in [5, 5.41) is 0. The number of nitrogens with zero attached hydrogens (tertiary/aromatic N) is 3. The van der Waals surface area contributed by atoms with Gasteiger partial charge in [-0.1, -0.05) is 6.92 Å². The molecule has 0 aliphatic carbocycles. The first kappa shape index (κ1) is 17.1. The molecule has 1 aliphatic rings. The molecule has 2 aromatic heterocycles. The van der Waals surface area contributed by atoms with Crippen LogP contribution in [0.1, 0.15) is 19.6 Å². The molecule has 0 radical (unpaired) electrons. The van der Waals surface area contributed by atoms with Gasteiger partial charge >= 0.3 is 7.82 Å². The fourth-order valence-electron chi connectivity index (χ4n) is 2.62. The Morgan fingerprint density at radius 1 is 1.62 bits per heavy atom. The summed E-state index contributed by atoms with van der Waals surface area (Å²) in [5.74, 6) is 0.0325. The Morgan fingerprint density at radius 3 is 3.08 bits per heavy atom. The van der Waals surface area contributed by atoms with Crippen molar-refractivity contribution in [3.8, 4) is 0 Å². The zero-order chi connectivity index (χ0) is 17.5. The lowest BCUT2D eigenvalue weighted by Crippen LogP contribution is -2.20. The van der Waals surface area contributed by atoms with Gasteiger partial charge in [0.05, 0.1) is 19.0 Å². The molecule has 12 heteroatoms. The number of imidazole rings is 1. The van der Waals surface area contributed by atoms with Crippen molar-refractivity contribution >= 4 is 24.9 Å². The number of aromatic nitrogens is 4. The van der Waals surface area contributed by atoms with E-state index >= 15 is 0 Å². The summed E-state index contributed by atoms with van der Waals surface area (Å²) in [6.45, 7) is 1.83. The topological polar surface area (TPSA) is 155 Å². The minimum atomic E-state index is -4.06. The molecule has 3 heterocycles. The van der Waals surface area contributed by atoms with Gasteiger partial charge in [-0.3, -0.25) is 23.4 Å². The zero-order valence-electron chi connectivity index (χ0n) is 13.1. The third-order valence-electron chi connectivity index (χ3n) is 3.93. The highest BCUT2D eigenvalue weighted by molar-refractivity contribution is 7.47. The van der Waals surface area contributed by atoms with Gasteiger partial charge in [-0.2, -0.15) is 4.98 Å². The standard InChI is InChI=1S/C12H18N5O6P/c1-6-3-8(23-7(6)4-22-24(19,20)21-2)17-5-14-9-10(17)15-12(13)16-11(9)18/h5-8H,3-4H2,1-2H3,(H,19,20)(H3,13,15,16,18). The SMILES string of the molecule is COP(=O)(O)OCC1OC(n2cnc3c(=O)[nH]c(N)nc32)CC1C. The van der Waals surface area contributed by atoms with Crippen molar-refractivity contribution in [1.82, 2.24) is 19.5 Å². The third kappa shape index (κ3) is 3.21. The second kappa shape index (κ2) is 6.26. The molecule has 1 fully saturated rings. The van der Waals surface area contributed by atoms with Crippen molar-refractivity contribution in [2.24, 2.45) is 5.92 Å². The van der Waals surface area contributed by atoms with Crippen molar-refractivity contribution in [1.29, 1.82) is 0 Å². The summed E-state index contributed by atoms with van der Waals surface area (Å²) in [6.07, 6.45) is 1.20. The molecule has 24 heavy (non-hydrogen) atoms. The Kier molecular flexibility index (Phi) is 4.45. The van der Waals surface area contributed by atoms with Gasteiger partial charge in [-0.15, -0.1) is 0 Å². The monoisotopic (exact) mass is 359 g/mol. The molecule has 4 unspecified atom stereocenters. The van der Waals surface area contributed by atoms with Crippen molar-refractivity contribution < 1.29 is 23.2 Å². The molecule has 11 nitrogen and oxygen atoms in total. The molecule has 1 saturated heterocycles. The predicted molar refractivity (Wildman–Crippen MR) is 83.0 cm³/mol. The fraction of sp³-hybridized carbons (Fsp3) is 0.583. The predicted octanol–water partition coefficient (Wildman–Crippen LogP) is 0.389. The van der Waals surface area contributed by atoms with Gasteiger partial charge in [-0.25, -0.2) is 9.55 Å². The highest BCUT2D eigenvalue weighted by Gasteiger charge is 2.36. The number of aromatic amines is 1. The quantitative estimate of drug-likeness (QED) is 0.643. The number of nitrogens with two attached hydrogens (primary N) is 1. The molecule has 1 aliphatic heterocycles. The van der Waals surface area contributed by atoms with Crippen LogP contribution >= 0.6 is 7.82 Å².